The molecule has 0 aliphatic rings. The molecule has 0 aromatic carbocycles. The first-order valence-electron chi connectivity index (χ1n) is 6.91. The topological polar surface area (TPSA) is 74.2 Å². The minimum atomic E-state index is -0.272. The Morgan fingerprint density at radius 2 is 2.10 bits per heavy atom. The fourth-order valence-corrected chi connectivity index (χ4v) is 2.65. The van der Waals surface area contributed by atoms with E-state index < -0.39 is 0 Å². The van der Waals surface area contributed by atoms with Gasteiger partial charge in [-0.1, -0.05) is 27.7 Å². The summed E-state index contributed by atoms with van der Waals surface area (Å²) in [4.78, 5) is 16.4. The maximum Gasteiger partial charge on any atom is 0.315 e. The van der Waals surface area contributed by atoms with Gasteiger partial charge in [0.05, 0.1) is 24.4 Å². The number of carbonyl (C=O) groups is 1. The van der Waals surface area contributed by atoms with Crippen LogP contribution in [0.4, 0.5) is 4.79 Å². The summed E-state index contributed by atoms with van der Waals surface area (Å²) in [5, 5.41) is 17.6. The molecule has 20 heavy (non-hydrogen) atoms. The molecule has 0 spiro atoms. The predicted octanol–water partition coefficient (Wildman–Crippen LogP) is 2.57. The lowest BCUT2D eigenvalue weighted by Gasteiger charge is -2.18. The lowest BCUT2D eigenvalue weighted by atomic mass is 9.93. The summed E-state index contributed by atoms with van der Waals surface area (Å²) in [5.41, 5.74) is 1.05. The first-order chi connectivity index (χ1) is 9.27. The first kappa shape index (κ1) is 16.9. The third-order valence-corrected chi connectivity index (χ3v) is 4.08. The van der Waals surface area contributed by atoms with Gasteiger partial charge in [-0.05, 0) is 13.3 Å². The maximum atomic E-state index is 11.8. The van der Waals surface area contributed by atoms with Crippen LogP contribution in [0.5, 0.6) is 0 Å². The van der Waals surface area contributed by atoms with Crippen LogP contribution in [-0.4, -0.2) is 28.8 Å². The average Bonchev–Trinajstić information content (AvgIpc) is 2.85. The molecule has 114 valence electrons. The highest BCUT2D eigenvalue weighted by molar-refractivity contribution is 7.09. The second kappa shape index (κ2) is 7.04. The highest BCUT2D eigenvalue weighted by atomic mass is 32.1. The molecule has 2 unspecified atom stereocenters. The van der Waals surface area contributed by atoms with Crippen LogP contribution in [0.1, 0.15) is 57.8 Å². The minimum Gasteiger partial charge on any atom is -0.394 e. The second-order valence-electron chi connectivity index (χ2n) is 5.95. The molecule has 1 aromatic heterocycles. The van der Waals surface area contributed by atoms with Crippen molar-refractivity contribution in [3.05, 3.63) is 16.1 Å². The van der Waals surface area contributed by atoms with Crippen LogP contribution in [0, 0.1) is 0 Å². The molecule has 2 atom stereocenters. The van der Waals surface area contributed by atoms with E-state index in [4.69, 9.17) is 5.11 Å². The number of aromatic nitrogens is 1. The van der Waals surface area contributed by atoms with Crippen LogP contribution >= 0.6 is 11.3 Å². The third-order valence-electron chi connectivity index (χ3n) is 3.06. The number of nitrogens with one attached hydrogen (secondary N) is 2. The van der Waals surface area contributed by atoms with Crippen molar-refractivity contribution in [1.29, 1.82) is 0 Å². The molecule has 1 rings (SSSR count). The van der Waals surface area contributed by atoms with Crippen molar-refractivity contribution in [2.75, 3.05) is 6.61 Å². The third kappa shape index (κ3) is 4.76. The van der Waals surface area contributed by atoms with Gasteiger partial charge in [0.1, 0.15) is 5.01 Å². The molecular formula is C14H25N3O2S. The van der Waals surface area contributed by atoms with Crippen LogP contribution < -0.4 is 10.6 Å². The average molecular weight is 299 g/mol. The Kier molecular flexibility index (Phi) is 5.95. The predicted molar refractivity (Wildman–Crippen MR) is 82.1 cm³/mol. The smallest absolute Gasteiger partial charge is 0.315 e. The Balaban J connectivity index is 2.60. The van der Waals surface area contributed by atoms with Gasteiger partial charge in [-0.15, -0.1) is 11.3 Å². The number of nitrogens with zero attached hydrogens (tertiary/aromatic N) is 1. The summed E-state index contributed by atoms with van der Waals surface area (Å²) in [6, 6.07) is -0.623. The van der Waals surface area contributed by atoms with Gasteiger partial charge in [0.25, 0.3) is 0 Å². The quantitative estimate of drug-likeness (QED) is 0.782. The van der Waals surface area contributed by atoms with E-state index in [1.54, 1.807) is 11.3 Å². The van der Waals surface area contributed by atoms with Gasteiger partial charge >= 0.3 is 6.03 Å². The molecule has 0 aliphatic heterocycles. The van der Waals surface area contributed by atoms with Crippen molar-refractivity contribution in [2.24, 2.45) is 0 Å². The van der Waals surface area contributed by atoms with E-state index in [0.717, 1.165) is 10.7 Å². The van der Waals surface area contributed by atoms with Gasteiger partial charge in [-0.25, -0.2) is 9.78 Å². The largest absolute Gasteiger partial charge is 0.394 e. The molecule has 0 saturated carbocycles. The van der Waals surface area contributed by atoms with E-state index >= 15 is 0 Å². The fraction of sp³-hybridized carbons (Fsp3) is 0.714. The number of carbonyl (C=O) groups excluding carboxylic acids is 1. The van der Waals surface area contributed by atoms with E-state index in [1.807, 2.05) is 19.2 Å². The Hall–Kier alpha value is -1.14. The molecule has 1 aromatic rings. The Labute approximate surface area is 124 Å². The van der Waals surface area contributed by atoms with E-state index in [2.05, 4.69) is 36.4 Å². The number of aliphatic hydroxyl groups is 1. The lowest BCUT2D eigenvalue weighted by Crippen LogP contribution is -2.44. The number of hydrogen-bond donors (Lipinski definition) is 3. The van der Waals surface area contributed by atoms with Gasteiger partial charge in [-0.3, -0.25) is 0 Å². The summed E-state index contributed by atoms with van der Waals surface area (Å²) in [6.07, 6.45) is 0.698. The molecule has 2 amide bonds. The summed E-state index contributed by atoms with van der Waals surface area (Å²) < 4.78 is 0. The Morgan fingerprint density at radius 1 is 1.45 bits per heavy atom. The summed E-state index contributed by atoms with van der Waals surface area (Å²) in [7, 11) is 0. The number of rotatable bonds is 5. The highest BCUT2D eigenvalue weighted by Gasteiger charge is 2.20. The van der Waals surface area contributed by atoms with Crippen LogP contribution in [0.3, 0.4) is 0 Å². The molecule has 1 heterocycles. The number of aliphatic hydroxyl groups excluding tert-OH is 1. The molecule has 6 heteroatoms. The second-order valence-corrected chi connectivity index (χ2v) is 6.84. The van der Waals surface area contributed by atoms with Crippen molar-refractivity contribution >= 4 is 17.4 Å². The number of urea groups is 1. The van der Waals surface area contributed by atoms with Crippen molar-refractivity contribution in [3.63, 3.8) is 0 Å². The van der Waals surface area contributed by atoms with E-state index in [0.29, 0.717) is 6.42 Å². The zero-order valence-electron chi connectivity index (χ0n) is 12.9. The van der Waals surface area contributed by atoms with Gasteiger partial charge in [0.2, 0.25) is 0 Å². The number of amides is 2. The molecule has 0 saturated heterocycles. The maximum absolute atomic E-state index is 11.8. The minimum absolute atomic E-state index is 0.0148. The zero-order valence-corrected chi connectivity index (χ0v) is 13.7. The highest BCUT2D eigenvalue weighted by Crippen LogP contribution is 2.26. The van der Waals surface area contributed by atoms with Gasteiger partial charge < -0.3 is 15.7 Å². The molecule has 0 aliphatic carbocycles. The number of thiazole rings is 1. The number of hydrogen-bond acceptors (Lipinski definition) is 4. The van der Waals surface area contributed by atoms with Crippen molar-refractivity contribution in [3.8, 4) is 0 Å². The Morgan fingerprint density at radius 3 is 2.55 bits per heavy atom. The van der Waals surface area contributed by atoms with Crippen LogP contribution in [-0.2, 0) is 5.41 Å². The molecule has 0 bridgehead atoms. The summed E-state index contributed by atoms with van der Waals surface area (Å²) >= 11 is 1.55. The zero-order chi connectivity index (χ0) is 15.3. The summed E-state index contributed by atoms with van der Waals surface area (Å²) in [6.45, 7) is 10.1. The van der Waals surface area contributed by atoms with Crippen molar-refractivity contribution in [2.45, 2.75) is 58.5 Å². The summed E-state index contributed by atoms with van der Waals surface area (Å²) in [5.74, 6) is 0. The van der Waals surface area contributed by atoms with E-state index in [9.17, 15) is 4.79 Å². The molecule has 5 nitrogen and oxygen atoms in total. The standard InChI is InChI=1S/C14H25N3O2S/c1-6-10(7-18)16-13(19)15-9(2)12-17-11(8-20-12)14(3,4)5/h8-10,18H,6-7H2,1-5H3,(H2,15,16,19). The first-order valence-corrected chi connectivity index (χ1v) is 7.79. The molecule has 0 radical (unpaired) electrons. The van der Waals surface area contributed by atoms with Gasteiger partial charge in [-0.2, -0.15) is 0 Å². The molecule has 3 N–H and O–H groups in total. The molecule has 0 fully saturated rings. The van der Waals surface area contributed by atoms with Crippen molar-refractivity contribution < 1.29 is 9.90 Å². The van der Waals surface area contributed by atoms with Gasteiger partial charge in [0.15, 0.2) is 0 Å². The van der Waals surface area contributed by atoms with Crippen molar-refractivity contribution in [1.82, 2.24) is 15.6 Å². The molecular weight excluding hydrogens is 274 g/mol. The van der Waals surface area contributed by atoms with Crippen LogP contribution in [0.25, 0.3) is 0 Å². The monoisotopic (exact) mass is 299 g/mol. The SMILES string of the molecule is CCC(CO)NC(=O)NC(C)c1nc(C(C)(C)C)cs1. The Bertz CT molecular complexity index is 436. The van der Waals surface area contributed by atoms with Crippen LogP contribution in [0.2, 0.25) is 0 Å². The van der Waals surface area contributed by atoms with Gasteiger partial charge in [0, 0.05) is 10.8 Å². The fourth-order valence-electron chi connectivity index (χ4n) is 1.59. The normalized spacial score (nSPS) is 14.7. The lowest BCUT2D eigenvalue weighted by molar-refractivity contribution is 0.212. The van der Waals surface area contributed by atoms with E-state index in [-0.39, 0.29) is 30.1 Å². The van der Waals surface area contributed by atoms with Crippen LogP contribution in [0.15, 0.2) is 5.38 Å². The van der Waals surface area contributed by atoms with E-state index in [1.165, 1.54) is 0 Å².